The number of nitrogens with two attached hydrogens (primary N) is 3. The predicted octanol–water partition coefficient (Wildman–Crippen LogP) is 1.16. The van der Waals surface area contributed by atoms with Crippen molar-refractivity contribution in [1.29, 1.82) is 0 Å². The monoisotopic (exact) mass is 279 g/mol. The van der Waals surface area contributed by atoms with Gasteiger partial charge in [0.15, 0.2) is 0 Å². The minimum atomic E-state index is 0. The number of rotatable bonds is 3. The molecule has 96 valence electrons. The van der Waals surface area contributed by atoms with Crippen molar-refractivity contribution in [1.82, 2.24) is 0 Å². The molecule has 1 aliphatic rings. The van der Waals surface area contributed by atoms with Gasteiger partial charge in [0, 0.05) is 0 Å². The average molecular weight is 281 g/mol. The van der Waals surface area contributed by atoms with Crippen molar-refractivity contribution < 1.29 is 0 Å². The molecule has 0 radical (unpaired) electrons. The molecule has 0 aromatic rings. The second-order valence-corrected chi connectivity index (χ2v) is 4.01. The van der Waals surface area contributed by atoms with Crippen LogP contribution in [-0.4, -0.2) is 19.6 Å². The summed E-state index contributed by atoms with van der Waals surface area (Å²) in [4.78, 5) is 0. The molecule has 0 heterocycles. The second kappa shape index (κ2) is 11.2. The third-order valence-corrected chi connectivity index (χ3v) is 3.00. The maximum atomic E-state index is 5.66. The largest absolute Gasteiger partial charge is 0.330 e. The fourth-order valence-electron chi connectivity index (χ4n) is 2.28. The summed E-state index contributed by atoms with van der Waals surface area (Å²) in [6, 6.07) is 0. The van der Waals surface area contributed by atoms with Crippen LogP contribution in [0.2, 0.25) is 0 Å². The molecule has 3 nitrogen and oxygen atoms in total. The number of hydrogen-bond acceptors (Lipinski definition) is 3. The van der Waals surface area contributed by atoms with Crippen LogP contribution in [0.3, 0.4) is 0 Å². The van der Waals surface area contributed by atoms with Crippen LogP contribution in [-0.2, 0) is 0 Å². The van der Waals surface area contributed by atoms with Crippen LogP contribution in [0.25, 0.3) is 0 Å². The summed E-state index contributed by atoms with van der Waals surface area (Å²) >= 11 is 0. The Kier molecular flexibility index (Phi) is 15.8. The normalized spacial score (nSPS) is 29.4. The molecule has 0 bridgehead atoms. The Morgan fingerprint density at radius 1 is 0.600 bits per heavy atom. The summed E-state index contributed by atoms with van der Waals surface area (Å²) in [5.41, 5.74) is 17.0. The molecule has 15 heavy (non-hydrogen) atoms. The van der Waals surface area contributed by atoms with E-state index >= 15 is 0 Å². The first-order valence-corrected chi connectivity index (χ1v) is 4.90. The summed E-state index contributed by atoms with van der Waals surface area (Å²) in [5.74, 6) is 2.00. The third kappa shape index (κ3) is 6.82. The highest BCUT2D eigenvalue weighted by Crippen LogP contribution is 2.31. The second-order valence-electron chi connectivity index (χ2n) is 4.01. The van der Waals surface area contributed by atoms with Crippen LogP contribution < -0.4 is 17.2 Å². The molecule has 0 unspecified atom stereocenters. The lowest BCUT2D eigenvalue weighted by Gasteiger charge is -2.33. The van der Waals surface area contributed by atoms with Crippen LogP contribution in [0, 0.1) is 17.8 Å². The molecule has 0 aromatic carbocycles. The first kappa shape index (κ1) is 21.1. The van der Waals surface area contributed by atoms with Crippen molar-refractivity contribution >= 4 is 37.2 Å². The summed E-state index contributed by atoms with van der Waals surface area (Å²) in [6.07, 6.45) is 3.64. The zero-order valence-corrected chi connectivity index (χ0v) is 11.4. The first-order chi connectivity index (χ1) is 5.80. The van der Waals surface area contributed by atoms with E-state index in [0.29, 0.717) is 17.8 Å². The number of halogens is 3. The molecular formula is C9H24Cl3N3. The fourth-order valence-corrected chi connectivity index (χ4v) is 2.28. The molecule has 0 aliphatic heterocycles. The van der Waals surface area contributed by atoms with E-state index in [0.717, 1.165) is 19.6 Å². The van der Waals surface area contributed by atoms with Crippen LogP contribution in [0.5, 0.6) is 0 Å². The maximum Gasteiger partial charge on any atom is -0.00486 e. The van der Waals surface area contributed by atoms with E-state index in [9.17, 15) is 0 Å². The molecule has 0 saturated heterocycles. The van der Waals surface area contributed by atoms with Gasteiger partial charge in [0.05, 0.1) is 0 Å². The predicted molar refractivity (Wildman–Crippen MR) is 73.2 cm³/mol. The standard InChI is InChI=1S/C9H21N3.3ClH/c10-4-7-1-8(5-11)3-9(2-7)6-12;;;/h7-9H,1-6,10-12H2;3*1H. The quantitative estimate of drug-likeness (QED) is 0.726. The van der Waals surface area contributed by atoms with Gasteiger partial charge >= 0.3 is 0 Å². The smallest absolute Gasteiger partial charge is 0.00486 e. The SMILES string of the molecule is Cl.Cl.Cl.NCC1CC(CN)CC(CN)C1. The summed E-state index contributed by atoms with van der Waals surface area (Å²) in [6.45, 7) is 2.40. The molecular weight excluding hydrogens is 256 g/mol. The number of hydrogen-bond donors (Lipinski definition) is 3. The lowest BCUT2D eigenvalue weighted by Crippen LogP contribution is -2.34. The zero-order chi connectivity index (χ0) is 8.97. The Bertz CT molecular complexity index is 108. The van der Waals surface area contributed by atoms with E-state index < -0.39 is 0 Å². The molecule has 6 N–H and O–H groups in total. The average Bonchev–Trinajstić information content (AvgIpc) is 2.16. The Morgan fingerprint density at radius 2 is 0.800 bits per heavy atom. The highest BCUT2D eigenvalue weighted by atomic mass is 35.5. The fraction of sp³-hybridized carbons (Fsp3) is 1.00. The molecule has 1 saturated carbocycles. The van der Waals surface area contributed by atoms with Crippen molar-refractivity contribution in [2.45, 2.75) is 19.3 Å². The molecule has 0 atom stereocenters. The summed E-state index contributed by atoms with van der Waals surface area (Å²) < 4.78 is 0. The van der Waals surface area contributed by atoms with E-state index in [1.807, 2.05) is 0 Å². The third-order valence-electron chi connectivity index (χ3n) is 3.00. The van der Waals surface area contributed by atoms with Gasteiger partial charge in [0.2, 0.25) is 0 Å². The lowest BCUT2D eigenvalue weighted by atomic mass is 9.75. The van der Waals surface area contributed by atoms with Gasteiger partial charge in [-0.3, -0.25) is 0 Å². The van der Waals surface area contributed by atoms with Gasteiger partial charge in [-0.05, 0) is 56.7 Å². The van der Waals surface area contributed by atoms with Crippen molar-refractivity contribution in [2.24, 2.45) is 35.0 Å². The first-order valence-electron chi connectivity index (χ1n) is 4.90. The minimum Gasteiger partial charge on any atom is -0.330 e. The molecule has 0 spiro atoms. The van der Waals surface area contributed by atoms with Gasteiger partial charge in [-0.15, -0.1) is 37.2 Å². The molecule has 1 rings (SSSR count). The van der Waals surface area contributed by atoms with Gasteiger partial charge in [0.25, 0.3) is 0 Å². The topological polar surface area (TPSA) is 78.1 Å². The van der Waals surface area contributed by atoms with Gasteiger partial charge in [-0.25, -0.2) is 0 Å². The van der Waals surface area contributed by atoms with Crippen LogP contribution in [0.4, 0.5) is 0 Å². The Morgan fingerprint density at radius 3 is 0.933 bits per heavy atom. The Hall–Kier alpha value is 0.750. The van der Waals surface area contributed by atoms with E-state index in [2.05, 4.69) is 0 Å². The zero-order valence-electron chi connectivity index (χ0n) is 8.93. The van der Waals surface area contributed by atoms with E-state index in [1.54, 1.807) is 0 Å². The van der Waals surface area contributed by atoms with Crippen molar-refractivity contribution in [3.63, 3.8) is 0 Å². The highest BCUT2D eigenvalue weighted by Gasteiger charge is 2.26. The summed E-state index contributed by atoms with van der Waals surface area (Å²) in [7, 11) is 0. The van der Waals surface area contributed by atoms with Gasteiger partial charge in [0.1, 0.15) is 0 Å². The molecule has 0 aromatic heterocycles. The van der Waals surface area contributed by atoms with Gasteiger partial charge in [-0.1, -0.05) is 0 Å². The molecule has 0 amide bonds. The molecule has 1 fully saturated rings. The van der Waals surface area contributed by atoms with E-state index in [4.69, 9.17) is 17.2 Å². The van der Waals surface area contributed by atoms with E-state index in [-0.39, 0.29) is 37.2 Å². The van der Waals surface area contributed by atoms with Crippen LogP contribution in [0.1, 0.15) is 19.3 Å². The van der Waals surface area contributed by atoms with Crippen molar-refractivity contribution in [2.75, 3.05) is 19.6 Å². The minimum absolute atomic E-state index is 0. The Balaban J connectivity index is -0.000000480. The molecule has 1 aliphatic carbocycles. The lowest BCUT2D eigenvalue weighted by molar-refractivity contribution is 0.207. The van der Waals surface area contributed by atoms with Crippen molar-refractivity contribution in [3.05, 3.63) is 0 Å². The highest BCUT2D eigenvalue weighted by molar-refractivity contribution is 5.86. The van der Waals surface area contributed by atoms with Crippen LogP contribution in [0.15, 0.2) is 0 Å². The summed E-state index contributed by atoms with van der Waals surface area (Å²) in [5, 5.41) is 0. The Labute approximate surface area is 111 Å². The van der Waals surface area contributed by atoms with Gasteiger partial charge in [-0.2, -0.15) is 0 Å². The molecule has 6 heteroatoms. The maximum absolute atomic E-state index is 5.66. The van der Waals surface area contributed by atoms with Gasteiger partial charge < -0.3 is 17.2 Å². The van der Waals surface area contributed by atoms with Crippen LogP contribution >= 0.6 is 37.2 Å². The van der Waals surface area contributed by atoms with Crippen molar-refractivity contribution in [3.8, 4) is 0 Å². The van der Waals surface area contributed by atoms with E-state index in [1.165, 1.54) is 19.3 Å².